The van der Waals surface area contributed by atoms with Gasteiger partial charge in [0.05, 0.1) is 18.1 Å². The molecule has 6 nitrogen and oxygen atoms in total. The van der Waals surface area contributed by atoms with Crippen LogP contribution in [0.3, 0.4) is 0 Å². The largest absolute Gasteiger partial charge is 0.468 e. The average Bonchev–Trinajstić information content (AvgIpc) is 3.00. The van der Waals surface area contributed by atoms with Gasteiger partial charge in [-0.05, 0) is 19.9 Å². The summed E-state index contributed by atoms with van der Waals surface area (Å²) in [5.74, 6) is -0.436. The minimum Gasteiger partial charge on any atom is -0.468 e. The van der Waals surface area contributed by atoms with Crippen molar-refractivity contribution in [3.63, 3.8) is 0 Å². The predicted octanol–water partition coefficient (Wildman–Crippen LogP) is 2.75. The van der Waals surface area contributed by atoms with E-state index in [2.05, 4.69) is 20.3 Å². The Morgan fingerprint density at radius 3 is 2.87 bits per heavy atom. The Balaban J connectivity index is 1.96. The van der Waals surface area contributed by atoms with Crippen molar-refractivity contribution in [2.24, 2.45) is 0 Å². The molecule has 1 aromatic heterocycles. The van der Waals surface area contributed by atoms with Crippen LogP contribution in [0.25, 0.3) is 10.6 Å². The summed E-state index contributed by atoms with van der Waals surface area (Å²) in [6.07, 6.45) is 0. The van der Waals surface area contributed by atoms with Gasteiger partial charge in [0, 0.05) is 5.56 Å². The zero-order valence-electron chi connectivity index (χ0n) is 13.0. The summed E-state index contributed by atoms with van der Waals surface area (Å²) in [5.41, 5.74) is 2.10. The molecular weight excluding hydrogens is 334 g/mol. The minimum absolute atomic E-state index is 0.135. The molecule has 1 aromatic carbocycles. The lowest BCUT2D eigenvalue weighted by atomic mass is 10.1. The van der Waals surface area contributed by atoms with Crippen molar-refractivity contribution in [3.8, 4) is 10.6 Å². The van der Waals surface area contributed by atoms with Crippen molar-refractivity contribution < 1.29 is 14.3 Å². The van der Waals surface area contributed by atoms with Crippen molar-refractivity contribution in [1.29, 1.82) is 0 Å². The van der Waals surface area contributed by atoms with Gasteiger partial charge in [-0.25, -0.2) is 0 Å². The first kappa shape index (κ1) is 17.4. The molecule has 0 spiro atoms. The Labute approximate surface area is 142 Å². The molecule has 23 heavy (non-hydrogen) atoms. The summed E-state index contributed by atoms with van der Waals surface area (Å²) >= 11 is 2.53. The second-order valence-corrected chi connectivity index (χ2v) is 7.11. The lowest BCUT2D eigenvalue weighted by Crippen LogP contribution is -2.23. The van der Waals surface area contributed by atoms with Crippen molar-refractivity contribution in [2.45, 2.75) is 19.1 Å². The first-order valence-electron chi connectivity index (χ1n) is 6.89. The Bertz CT molecular complexity index is 703. The number of nitrogens with zero attached hydrogens (tertiary/aromatic N) is 2. The lowest BCUT2D eigenvalue weighted by Gasteiger charge is -2.08. The van der Waals surface area contributed by atoms with E-state index in [0.29, 0.717) is 5.13 Å². The van der Waals surface area contributed by atoms with Crippen molar-refractivity contribution >= 4 is 40.1 Å². The number of thioether (sulfide) groups is 1. The normalized spacial score (nSPS) is 11.8. The fraction of sp³-hybridized carbons (Fsp3) is 0.333. The zero-order valence-corrected chi connectivity index (χ0v) is 14.7. The molecule has 2 aromatic rings. The maximum atomic E-state index is 12.1. The highest BCUT2D eigenvalue weighted by Crippen LogP contribution is 2.27. The van der Waals surface area contributed by atoms with Crippen LogP contribution in [0.2, 0.25) is 0 Å². The molecule has 1 amide bonds. The number of aryl methyl sites for hydroxylation is 1. The number of anilines is 1. The number of benzene rings is 1. The minimum atomic E-state index is -0.389. The third-order valence-corrected chi connectivity index (χ3v) is 4.97. The molecular formula is C15H17N3O3S2. The summed E-state index contributed by atoms with van der Waals surface area (Å²) in [7, 11) is 1.32. The lowest BCUT2D eigenvalue weighted by molar-refractivity contribution is -0.137. The SMILES string of the molecule is COC(=O)CS[C@H](C)C(=O)Nc1nnc(-c2cccc(C)c2)s1. The molecule has 122 valence electrons. The van der Waals surface area contributed by atoms with E-state index in [1.807, 2.05) is 31.2 Å². The molecule has 0 saturated carbocycles. The van der Waals surface area contributed by atoms with E-state index in [1.54, 1.807) is 6.92 Å². The number of rotatable bonds is 6. The van der Waals surface area contributed by atoms with Crippen LogP contribution < -0.4 is 5.32 Å². The van der Waals surface area contributed by atoms with Crippen LogP contribution >= 0.6 is 23.1 Å². The van der Waals surface area contributed by atoms with Gasteiger partial charge in [-0.2, -0.15) is 0 Å². The van der Waals surface area contributed by atoms with Crippen LogP contribution in [0, 0.1) is 6.92 Å². The quantitative estimate of drug-likeness (QED) is 0.806. The summed E-state index contributed by atoms with van der Waals surface area (Å²) < 4.78 is 4.55. The highest BCUT2D eigenvalue weighted by Gasteiger charge is 2.17. The van der Waals surface area contributed by atoms with Crippen LogP contribution in [0.1, 0.15) is 12.5 Å². The van der Waals surface area contributed by atoms with Crippen molar-refractivity contribution in [1.82, 2.24) is 10.2 Å². The molecule has 0 fully saturated rings. The third kappa shape index (κ3) is 5.04. The third-order valence-electron chi connectivity index (χ3n) is 2.97. The summed E-state index contributed by atoms with van der Waals surface area (Å²) in [6.45, 7) is 3.73. The van der Waals surface area contributed by atoms with Gasteiger partial charge in [0.25, 0.3) is 0 Å². The maximum Gasteiger partial charge on any atom is 0.315 e. The maximum absolute atomic E-state index is 12.1. The van der Waals surface area contributed by atoms with Gasteiger partial charge in [0.15, 0.2) is 0 Å². The summed E-state index contributed by atoms with van der Waals surface area (Å²) in [4.78, 5) is 23.2. The van der Waals surface area contributed by atoms with Crippen LogP contribution in [-0.4, -0.2) is 40.2 Å². The monoisotopic (exact) mass is 351 g/mol. The number of hydrogen-bond acceptors (Lipinski definition) is 7. The van der Waals surface area contributed by atoms with E-state index >= 15 is 0 Å². The molecule has 0 unspecified atom stereocenters. The summed E-state index contributed by atoms with van der Waals surface area (Å²) in [5, 5.41) is 11.6. The van der Waals surface area contributed by atoms with Gasteiger partial charge in [-0.3, -0.25) is 14.9 Å². The number of aromatic nitrogens is 2. The molecule has 1 N–H and O–H groups in total. The second-order valence-electron chi connectivity index (χ2n) is 4.80. The Hall–Kier alpha value is -1.93. The fourth-order valence-corrected chi connectivity index (χ4v) is 3.16. The molecule has 0 aliphatic heterocycles. The van der Waals surface area contributed by atoms with Gasteiger partial charge in [-0.1, -0.05) is 35.1 Å². The van der Waals surface area contributed by atoms with Gasteiger partial charge in [0.2, 0.25) is 11.0 Å². The van der Waals surface area contributed by atoms with E-state index in [0.717, 1.165) is 16.1 Å². The molecule has 1 heterocycles. The Morgan fingerprint density at radius 2 is 2.17 bits per heavy atom. The van der Waals surface area contributed by atoms with E-state index < -0.39 is 0 Å². The highest BCUT2D eigenvalue weighted by atomic mass is 32.2. The number of carbonyl (C=O) groups is 2. The van der Waals surface area contributed by atoms with Gasteiger partial charge in [-0.15, -0.1) is 22.0 Å². The topological polar surface area (TPSA) is 81.2 Å². The summed E-state index contributed by atoms with van der Waals surface area (Å²) in [6, 6.07) is 7.93. The van der Waals surface area contributed by atoms with Crippen LogP contribution in [-0.2, 0) is 14.3 Å². The first-order chi connectivity index (χ1) is 11.0. The number of esters is 1. The molecule has 2 rings (SSSR count). The highest BCUT2D eigenvalue weighted by molar-refractivity contribution is 8.01. The number of amides is 1. The van der Waals surface area contributed by atoms with E-state index in [1.165, 1.54) is 30.2 Å². The molecule has 0 aliphatic carbocycles. The van der Waals surface area contributed by atoms with Gasteiger partial charge < -0.3 is 4.74 Å². The standard InChI is InChI=1S/C15H17N3O3S2/c1-9-5-4-6-11(7-9)14-17-18-15(23-14)16-13(20)10(2)22-8-12(19)21-3/h4-7,10H,8H2,1-3H3,(H,16,18,20)/t10-/m1/s1. The number of ether oxygens (including phenoxy) is 1. The molecule has 8 heteroatoms. The molecule has 0 radical (unpaired) electrons. The predicted molar refractivity (Wildman–Crippen MR) is 92.6 cm³/mol. The van der Waals surface area contributed by atoms with Crippen molar-refractivity contribution in [3.05, 3.63) is 29.8 Å². The Morgan fingerprint density at radius 1 is 1.39 bits per heavy atom. The number of nitrogens with one attached hydrogen (secondary N) is 1. The van der Waals surface area contributed by atoms with E-state index in [-0.39, 0.29) is 22.9 Å². The number of carbonyl (C=O) groups excluding carboxylic acids is 2. The zero-order chi connectivity index (χ0) is 16.8. The van der Waals surface area contributed by atoms with E-state index in [4.69, 9.17) is 0 Å². The second kappa shape index (κ2) is 8.07. The Kier molecular flexibility index (Phi) is 6.12. The number of methoxy groups -OCH3 is 1. The van der Waals surface area contributed by atoms with Crippen molar-refractivity contribution in [2.75, 3.05) is 18.2 Å². The first-order valence-corrected chi connectivity index (χ1v) is 8.76. The molecule has 0 aliphatic rings. The van der Waals surface area contributed by atoms with E-state index in [9.17, 15) is 9.59 Å². The van der Waals surface area contributed by atoms with Gasteiger partial charge >= 0.3 is 5.97 Å². The van der Waals surface area contributed by atoms with Crippen LogP contribution in [0.4, 0.5) is 5.13 Å². The smallest absolute Gasteiger partial charge is 0.315 e. The van der Waals surface area contributed by atoms with Gasteiger partial charge in [0.1, 0.15) is 5.01 Å². The molecule has 0 saturated heterocycles. The van der Waals surface area contributed by atoms with Crippen LogP contribution in [0.15, 0.2) is 24.3 Å². The fourth-order valence-electron chi connectivity index (χ4n) is 1.70. The average molecular weight is 351 g/mol. The number of hydrogen-bond donors (Lipinski definition) is 1. The van der Waals surface area contributed by atoms with Crippen LogP contribution in [0.5, 0.6) is 0 Å². The molecule has 1 atom stereocenters. The molecule has 0 bridgehead atoms.